The number of carbonyl (C=O) groups is 2. The lowest BCUT2D eigenvalue weighted by molar-refractivity contribution is -0.143. The van der Waals surface area contributed by atoms with E-state index in [0.29, 0.717) is 25.4 Å². The number of aromatic nitrogens is 1. The smallest absolute Gasteiger partial charge is 0.317 e. The van der Waals surface area contributed by atoms with Crippen molar-refractivity contribution >= 4 is 12.0 Å². The molecular formula is C19H27N3O3. The van der Waals surface area contributed by atoms with Gasteiger partial charge in [-0.15, -0.1) is 0 Å². The van der Waals surface area contributed by atoms with E-state index in [0.717, 1.165) is 31.4 Å². The summed E-state index contributed by atoms with van der Waals surface area (Å²) in [5, 5.41) is 12.4. The summed E-state index contributed by atoms with van der Waals surface area (Å²) < 4.78 is 0. The molecule has 0 radical (unpaired) electrons. The van der Waals surface area contributed by atoms with Gasteiger partial charge < -0.3 is 15.3 Å². The van der Waals surface area contributed by atoms with E-state index >= 15 is 0 Å². The average molecular weight is 345 g/mol. The van der Waals surface area contributed by atoms with Gasteiger partial charge in [-0.1, -0.05) is 19.4 Å². The SMILES string of the molecule is CC1CC(C(=O)O)CN(C(=O)NC2CCCC2Cc2ccccn2)C1. The number of hydrogen-bond acceptors (Lipinski definition) is 3. The summed E-state index contributed by atoms with van der Waals surface area (Å²) in [4.78, 5) is 30.1. The predicted octanol–water partition coefficient (Wildman–Crippen LogP) is 2.55. The molecule has 1 aliphatic heterocycles. The Kier molecular flexibility index (Phi) is 5.56. The first-order valence-corrected chi connectivity index (χ1v) is 9.21. The Hall–Kier alpha value is -2.11. The fourth-order valence-corrected chi connectivity index (χ4v) is 4.20. The maximum Gasteiger partial charge on any atom is 0.317 e. The van der Waals surface area contributed by atoms with Crippen molar-refractivity contribution < 1.29 is 14.7 Å². The summed E-state index contributed by atoms with van der Waals surface area (Å²) in [5.74, 6) is -0.648. The van der Waals surface area contributed by atoms with Gasteiger partial charge in [-0.25, -0.2) is 4.79 Å². The van der Waals surface area contributed by atoms with Gasteiger partial charge in [0.15, 0.2) is 0 Å². The number of nitrogens with one attached hydrogen (secondary N) is 1. The van der Waals surface area contributed by atoms with Crippen molar-refractivity contribution in [3.63, 3.8) is 0 Å². The van der Waals surface area contributed by atoms with Crippen LogP contribution in [0.3, 0.4) is 0 Å². The van der Waals surface area contributed by atoms with Crippen molar-refractivity contribution in [2.45, 2.75) is 45.1 Å². The molecule has 6 heteroatoms. The Morgan fingerprint density at radius 3 is 2.88 bits per heavy atom. The van der Waals surface area contributed by atoms with Gasteiger partial charge in [0, 0.05) is 31.0 Å². The van der Waals surface area contributed by atoms with Gasteiger partial charge in [0.2, 0.25) is 0 Å². The number of likely N-dealkylation sites (tertiary alicyclic amines) is 1. The number of carboxylic acids is 1. The van der Waals surface area contributed by atoms with Crippen LogP contribution in [-0.4, -0.2) is 46.1 Å². The van der Waals surface area contributed by atoms with E-state index in [1.54, 1.807) is 11.1 Å². The van der Waals surface area contributed by atoms with Crippen molar-refractivity contribution in [1.82, 2.24) is 15.2 Å². The summed E-state index contributed by atoms with van der Waals surface area (Å²) in [6, 6.07) is 5.96. The summed E-state index contributed by atoms with van der Waals surface area (Å²) in [6.07, 6.45) is 6.51. The third-order valence-electron chi connectivity index (χ3n) is 5.46. The number of carboxylic acid groups (broad SMARTS) is 1. The molecule has 1 aromatic heterocycles. The van der Waals surface area contributed by atoms with Gasteiger partial charge in [-0.3, -0.25) is 9.78 Å². The molecule has 136 valence electrons. The molecule has 1 saturated carbocycles. The highest BCUT2D eigenvalue weighted by molar-refractivity contribution is 5.77. The number of urea groups is 1. The first-order valence-electron chi connectivity index (χ1n) is 9.21. The minimum Gasteiger partial charge on any atom is -0.481 e. The van der Waals surface area contributed by atoms with E-state index in [2.05, 4.69) is 10.3 Å². The number of carbonyl (C=O) groups excluding carboxylic acids is 1. The minimum atomic E-state index is -0.807. The molecule has 2 N–H and O–H groups in total. The Balaban J connectivity index is 1.58. The Labute approximate surface area is 148 Å². The van der Waals surface area contributed by atoms with E-state index < -0.39 is 11.9 Å². The van der Waals surface area contributed by atoms with Crippen LogP contribution in [0.1, 0.15) is 38.3 Å². The maximum absolute atomic E-state index is 12.7. The lowest BCUT2D eigenvalue weighted by Gasteiger charge is -2.35. The maximum atomic E-state index is 12.7. The summed E-state index contributed by atoms with van der Waals surface area (Å²) in [6.45, 7) is 2.95. The topological polar surface area (TPSA) is 82.5 Å². The molecule has 0 bridgehead atoms. The van der Waals surface area contributed by atoms with E-state index in [9.17, 15) is 14.7 Å². The van der Waals surface area contributed by atoms with Gasteiger partial charge in [-0.05, 0) is 49.7 Å². The van der Waals surface area contributed by atoms with Crippen LogP contribution in [-0.2, 0) is 11.2 Å². The van der Waals surface area contributed by atoms with Crippen molar-refractivity contribution in [3.05, 3.63) is 30.1 Å². The second-order valence-electron chi connectivity index (χ2n) is 7.55. The molecule has 1 aliphatic carbocycles. The van der Waals surface area contributed by atoms with Gasteiger partial charge in [-0.2, -0.15) is 0 Å². The molecule has 4 atom stereocenters. The molecule has 2 heterocycles. The van der Waals surface area contributed by atoms with Crippen LogP contribution in [0.2, 0.25) is 0 Å². The van der Waals surface area contributed by atoms with Crippen molar-refractivity contribution in [3.8, 4) is 0 Å². The van der Waals surface area contributed by atoms with Gasteiger partial charge in [0.1, 0.15) is 0 Å². The molecular weight excluding hydrogens is 318 g/mol. The molecule has 1 aromatic rings. The van der Waals surface area contributed by atoms with Crippen LogP contribution in [0.5, 0.6) is 0 Å². The molecule has 3 rings (SSSR count). The van der Waals surface area contributed by atoms with Crippen LogP contribution in [0.15, 0.2) is 24.4 Å². The van der Waals surface area contributed by atoms with Crippen LogP contribution < -0.4 is 5.32 Å². The lowest BCUT2D eigenvalue weighted by atomic mass is 9.90. The summed E-state index contributed by atoms with van der Waals surface area (Å²) >= 11 is 0. The average Bonchev–Trinajstić information content (AvgIpc) is 3.02. The number of rotatable bonds is 4. The third-order valence-corrected chi connectivity index (χ3v) is 5.46. The normalized spacial score (nSPS) is 29.4. The molecule has 2 fully saturated rings. The van der Waals surface area contributed by atoms with Crippen molar-refractivity contribution in [1.29, 1.82) is 0 Å². The fraction of sp³-hybridized carbons (Fsp3) is 0.632. The summed E-state index contributed by atoms with van der Waals surface area (Å²) in [7, 11) is 0. The molecule has 0 aromatic carbocycles. The zero-order valence-electron chi connectivity index (χ0n) is 14.7. The molecule has 4 unspecified atom stereocenters. The first kappa shape index (κ1) is 17.7. The van der Waals surface area contributed by atoms with Crippen LogP contribution >= 0.6 is 0 Å². The Morgan fingerprint density at radius 2 is 2.16 bits per heavy atom. The predicted molar refractivity (Wildman–Crippen MR) is 94.1 cm³/mol. The molecule has 1 saturated heterocycles. The number of nitrogens with zero attached hydrogens (tertiary/aromatic N) is 2. The van der Waals surface area contributed by atoms with E-state index in [-0.39, 0.29) is 18.0 Å². The quantitative estimate of drug-likeness (QED) is 0.878. The van der Waals surface area contributed by atoms with E-state index in [1.165, 1.54) is 0 Å². The number of piperidine rings is 1. The zero-order chi connectivity index (χ0) is 17.8. The molecule has 6 nitrogen and oxygen atoms in total. The first-order chi connectivity index (χ1) is 12.0. The van der Waals surface area contributed by atoms with Crippen molar-refractivity contribution in [2.75, 3.05) is 13.1 Å². The number of pyridine rings is 1. The van der Waals surface area contributed by atoms with E-state index in [1.807, 2.05) is 25.1 Å². The molecule has 25 heavy (non-hydrogen) atoms. The molecule has 0 spiro atoms. The number of aliphatic carboxylic acids is 1. The summed E-state index contributed by atoms with van der Waals surface area (Å²) in [5.41, 5.74) is 1.06. The molecule has 2 aliphatic rings. The van der Waals surface area contributed by atoms with Gasteiger partial charge in [0.05, 0.1) is 5.92 Å². The molecule has 2 amide bonds. The van der Waals surface area contributed by atoms with E-state index in [4.69, 9.17) is 0 Å². The van der Waals surface area contributed by atoms with Crippen molar-refractivity contribution in [2.24, 2.45) is 17.8 Å². The zero-order valence-corrected chi connectivity index (χ0v) is 14.7. The number of amides is 2. The second kappa shape index (κ2) is 7.85. The highest BCUT2D eigenvalue weighted by Gasteiger charge is 2.34. The number of hydrogen-bond donors (Lipinski definition) is 2. The monoisotopic (exact) mass is 345 g/mol. The van der Waals surface area contributed by atoms with Gasteiger partial charge >= 0.3 is 12.0 Å². The lowest BCUT2D eigenvalue weighted by Crippen LogP contribution is -2.52. The van der Waals surface area contributed by atoms with Crippen LogP contribution in [0.4, 0.5) is 4.79 Å². The highest BCUT2D eigenvalue weighted by Crippen LogP contribution is 2.29. The second-order valence-corrected chi connectivity index (χ2v) is 7.55. The minimum absolute atomic E-state index is 0.115. The fourth-order valence-electron chi connectivity index (χ4n) is 4.20. The Morgan fingerprint density at radius 1 is 1.32 bits per heavy atom. The Bertz CT molecular complexity index is 607. The van der Waals surface area contributed by atoms with Crippen LogP contribution in [0, 0.1) is 17.8 Å². The highest BCUT2D eigenvalue weighted by atomic mass is 16.4. The van der Waals surface area contributed by atoms with Crippen LogP contribution in [0.25, 0.3) is 0 Å². The largest absolute Gasteiger partial charge is 0.481 e. The van der Waals surface area contributed by atoms with Gasteiger partial charge in [0.25, 0.3) is 0 Å². The third kappa shape index (κ3) is 4.50. The standard InChI is InChI=1S/C19H27N3O3/c1-13-9-15(18(23)24)12-22(11-13)19(25)21-17-7-4-5-14(17)10-16-6-2-3-8-20-16/h2-3,6,8,13-15,17H,4-5,7,9-12H2,1H3,(H,21,25)(H,23,24).